The molecule has 0 spiro atoms. The number of aliphatic carboxylic acids is 1. The fourth-order valence-electron chi connectivity index (χ4n) is 2.27. The lowest BCUT2D eigenvalue weighted by Crippen LogP contribution is -2.50. The molecule has 0 saturated carbocycles. The Kier molecular flexibility index (Phi) is 5.75. The van der Waals surface area contributed by atoms with Gasteiger partial charge in [-0.2, -0.15) is 0 Å². The van der Waals surface area contributed by atoms with E-state index in [0.717, 1.165) is 0 Å². The molecule has 1 fully saturated rings. The Morgan fingerprint density at radius 2 is 1.89 bits per heavy atom. The van der Waals surface area contributed by atoms with Gasteiger partial charge in [-0.1, -0.05) is 0 Å². The molecule has 1 atom stereocenters. The summed E-state index contributed by atoms with van der Waals surface area (Å²) in [5, 5.41) is 14.1. The van der Waals surface area contributed by atoms with E-state index in [-0.39, 0.29) is 24.3 Å². The van der Waals surface area contributed by atoms with Crippen molar-refractivity contribution < 1.29 is 19.5 Å². The Hall–Kier alpha value is -1.63. The molecule has 0 aromatic rings. The van der Waals surface area contributed by atoms with Crippen LogP contribution in [0.1, 0.15) is 19.8 Å². The largest absolute Gasteiger partial charge is 0.480 e. The molecule has 1 aliphatic heterocycles. The van der Waals surface area contributed by atoms with Crippen molar-refractivity contribution in [2.75, 3.05) is 26.7 Å². The van der Waals surface area contributed by atoms with E-state index in [1.54, 1.807) is 7.05 Å². The number of carboxylic acids is 1. The molecule has 1 saturated heterocycles. The standard InChI is InChI=1S/C12H21N3O4/c1-8(16)14-10(12(18)19)7-15-5-3-9(4-6-15)11(17)13-2/h9-10H,3-7H2,1-2H3,(H,13,17)(H,14,16)(H,18,19). The van der Waals surface area contributed by atoms with Crippen LogP contribution in [0.2, 0.25) is 0 Å². The number of rotatable bonds is 5. The van der Waals surface area contributed by atoms with E-state index < -0.39 is 12.0 Å². The van der Waals surface area contributed by atoms with Crippen LogP contribution in [-0.2, 0) is 14.4 Å². The number of hydrogen-bond acceptors (Lipinski definition) is 4. The molecule has 0 aromatic carbocycles. The number of likely N-dealkylation sites (tertiary alicyclic amines) is 1. The molecule has 0 aromatic heterocycles. The molecule has 108 valence electrons. The minimum Gasteiger partial charge on any atom is -0.480 e. The first-order valence-electron chi connectivity index (χ1n) is 6.38. The Labute approximate surface area is 112 Å². The van der Waals surface area contributed by atoms with Gasteiger partial charge >= 0.3 is 5.97 Å². The second-order valence-electron chi connectivity index (χ2n) is 4.78. The van der Waals surface area contributed by atoms with Crippen LogP contribution < -0.4 is 10.6 Å². The highest BCUT2D eigenvalue weighted by atomic mass is 16.4. The molecule has 0 radical (unpaired) electrons. The average molecular weight is 271 g/mol. The van der Waals surface area contributed by atoms with Crippen LogP contribution in [0, 0.1) is 5.92 Å². The number of amides is 2. The lowest BCUT2D eigenvalue weighted by Gasteiger charge is -2.32. The predicted octanol–water partition coefficient (Wildman–Crippen LogP) is -0.966. The molecule has 0 aliphatic carbocycles. The molecule has 0 bridgehead atoms. The lowest BCUT2D eigenvalue weighted by atomic mass is 9.95. The van der Waals surface area contributed by atoms with Crippen LogP contribution in [0.4, 0.5) is 0 Å². The van der Waals surface area contributed by atoms with Crippen molar-refractivity contribution in [3.63, 3.8) is 0 Å². The monoisotopic (exact) mass is 271 g/mol. The maximum Gasteiger partial charge on any atom is 0.327 e. The molecular formula is C12H21N3O4. The number of carboxylic acid groups (broad SMARTS) is 1. The maximum atomic E-state index is 11.5. The van der Waals surface area contributed by atoms with Crippen molar-refractivity contribution in [3.8, 4) is 0 Å². The first kappa shape index (κ1) is 15.4. The lowest BCUT2D eigenvalue weighted by molar-refractivity contribution is -0.142. The summed E-state index contributed by atoms with van der Waals surface area (Å²) in [7, 11) is 1.62. The molecule has 1 rings (SSSR count). The number of carbonyl (C=O) groups excluding carboxylic acids is 2. The van der Waals surface area contributed by atoms with Crippen LogP contribution in [0.5, 0.6) is 0 Å². The molecule has 2 amide bonds. The Bertz CT molecular complexity index is 351. The summed E-state index contributed by atoms with van der Waals surface area (Å²) in [6.07, 6.45) is 1.43. The van der Waals surface area contributed by atoms with Gasteiger partial charge in [0.2, 0.25) is 11.8 Å². The number of nitrogens with one attached hydrogen (secondary N) is 2. The fourth-order valence-corrected chi connectivity index (χ4v) is 2.27. The fraction of sp³-hybridized carbons (Fsp3) is 0.750. The summed E-state index contributed by atoms with van der Waals surface area (Å²) in [6.45, 7) is 2.91. The van der Waals surface area contributed by atoms with Crippen molar-refractivity contribution in [3.05, 3.63) is 0 Å². The van der Waals surface area contributed by atoms with E-state index in [2.05, 4.69) is 10.6 Å². The topological polar surface area (TPSA) is 98.7 Å². The molecule has 1 unspecified atom stereocenters. The highest BCUT2D eigenvalue weighted by Gasteiger charge is 2.27. The van der Waals surface area contributed by atoms with Gasteiger partial charge in [-0.15, -0.1) is 0 Å². The number of nitrogens with zero attached hydrogens (tertiary/aromatic N) is 1. The SMILES string of the molecule is CNC(=O)C1CCN(CC(NC(C)=O)C(=O)O)CC1. The van der Waals surface area contributed by atoms with E-state index >= 15 is 0 Å². The van der Waals surface area contributed by atoms with Crippen molar-refractivity contribution in [2.24, 2.45) is 5.92 Å². The Morgan fingerprint density at radius 1 is 1.32 bits per heavy atom. The van der Waals surface area contributed by atoms with Crippen LogP contribution in [-0.4, -0.2) is 60.5 Å². The smallest absolute Gasteiger partial charge is 0.327 e. The molecule has 19 heavy (non-hydrogen) atoms. The summed E-state index contributed by atoms with van der Waals surface area (Å²) in [4.78, 5) is 35.4. The highest BCUT2D eigenvalue weighted by Crippen LogP contribution is 2.17. The molecule has 7 heteroatoms. The summed E-state index contributed by atoms with van der Waals surface area (Å²) < 4.78 is 0. The highest BCUT2D eigenvalue weighted by molar-refractivity contribution is 5.82. The predicted molar refractivity (Wildman–Crippen MR) is 68.5 cm³/mol. The third-order valence-electron chi connectivity index (χ3n) is 3.32. The Balaban J connectivity index is 2.44. The van der Waals surface area contributed by atoms with Gasteiger partial charge in [0, 0.05) is 26.4 Å². The second-order valence-corrected chi connectivity index (χ2v) is 4.78. The third kappa shape index (κ3) is 4.86. The average Bonchev–Trinajstić information content (AvgIpc) is 2.37. The van der Waals surface area contributed by atoms with Gasteiger partial charge in [-0.3, -0.25) is 9.59 Å². The van der Waals surface area contributed by atoms with Gasteiger partial charge in [-0.25, -0.2) is 4.79 Å². The Morgan fingerprint density at radius 3 is 2.32 bits per heavy atom. The summed E-state index contributed by atoms with van der Waals surface area (Å²) >= 11 is 0. The molecule has 7 nitrogen and oxygen atoms in total. The number of piperidine rings is 1. The van der Waals surface area contributed by atoms with Gasteiger partial charge in [0.25, 0.3) is 0 Å². The third-order valence-corrected chi connectivity index (χ3v) is 3.32. The summed E-state index contributed by atoms with van der Waals surface area (Å²) in [5.74, 6) is -1.35. The zero-order valence-corrected chi connectivity index (χ0v) is 11.3. The quantitative estimate of drug-likeness (QED) is 0.598. The van der Waals surface area contributed by atoms with E-state index in [9.17, 15) is 14.4 Å². The summed E-state index contributed by atoms with van der Waals surface area (Å²) in [6, 6.07) is -0.894. The molecule has 1 aliphatic rings. The van der Waals surface area contributed by atoms with Crippen LogP contribution >= 0.6 is 0 Å². The van der Waals surface area contributed by atoms with Gasteiger partial charge in [-0.05, 0) is 25.9 Å². The van der Waals surface area contributed by atoms with E-state index in [4.69, 9.17) is 5.11 Å². The van der Waals surface area contributed by atoms with Crippen molar-refractivity contribution in [1.29, 1.82) is 0 Å². The van der Waals surface area contributed by atoms with Gasteiger partial charge in [0.1, 0.15) is 6.04 Å². The van der Waals surface area contributed by atoms with Gasteiger partial charge < -0.3 is 20.6 Å². The van der Waals surface area contributed by atoms with Crippen LogP contribution in [0.3, 0.4) is 0 Å². The molecule has 3 N–H and O–H groups in total. The maximum absolute atomic E-state index is 11.5. The van der Waals surface area contributed by atoms with Gasteiger partial charge in [0.05, 0.1) is 0 Å². The zero-order valence-electron chi connectivity index (χ0n) is 11.3. The van der Waals surface area contributed by atoms with Gasteiger partial charge in [0.15, 0.2) is 0 Å². The van der Waals surface area contributed by atoms with E-state index in [0.29, 0.717) is 25.9 Å². The van der Waals surface area contributed by atoms with Crippen molar-refractivity contribution in [1.82, 2.24) is 15.5 Å². The van der Waals surface area contributed by atoms with E-state index in [1.165, 1.54) is 6.92 Å². The van der Waals surface area contributed by atoms with E-state index in [1.807, 2.05) is 4.90 Å². The molecular weight excluding hydrogens is 250 g/mol. The number of hydrogen-bond donors (Lipinski definition) is 3. The molecule has 1 heterocycles. The van der Waals surface area contributed by atoms with Crippen LogP contribution in [0.15, 0.2) is 0 Å². The van der Waals surface area contributed by atoms with Crippen molar-refractivity contribution in [2.45, 2.75) is 25.8 Å². The first-order valence-corrected chi connectivity index (χ1v) is 6.38. The summed E-state index contributed by atoms with van der Waals surface area (Å²) in [5.41, 5.74) is 0. The minimum absolute atomic E-state index is 0.00490. The minimum atomic E-state index is -1.04. The van der Waals surface area contributed by atoms with Crippen LogP contribution in [0.25, 0.3) is 0 Å². The second kappa shape index (κ2) is 7.08. The normalized spacial score (nSPS) is 18.6. The number of carbonyl (C=O) groups is 3. The zero-order chi connectivity index (χ0) is 14.4. The van der Waals surface area contributed by atoms with Crippen molar-refractivity contribution >= 4 is 17.8 Å². The first-order chi connectivity index (χ1) is 8.93.